The molecule has 0 saturated carbocycles. The van der Waals surface area contributed by atoms with Crippen molar-refractivity contribution in [2.24, 2.45) is 0 Å². The quantitative estimate of drug-likeness (QED) is 0.886. The molecule has 14 heavy (non-hydrogen) atoms. The highest BCUT2D eigenvalue weighted by Crippen LogP contribution is 2.26. The van der Waals surface area contributed by atoms with Gasteiger partial charge in [0.25, 0.3) is 0 Å². The molecule has 1 unspecified atom stereocenters. The van der Waals surface area contributed by atoms with Gasteiger partial charge in [0.2, 0.25) is 0 Å². The summed E-state index contributed by atoms with van der Waals surface area (Å²) in [6.45, 7) is 0. The fourth-order valence-electron chi connectivity index (χ4n) is 1.21. The molecule has 1 atom stereocenters. The molecule has 0 amide bonds. The van der Waals surface area contributed by atoms with Crippen molar-refractivity contribution in [2.75, 3.05) is 12.0 Å². The van der Waals surface area contributed by atoms with Crippen molar-refractivity contribution in [1.29, 1.82) is 0 Å². The third kappa shape index (κ3) is 3.35. The fraction of sp³-hybridized carbons (Fsp3) is 0.400. The highest BCUT2D eigenvalue weighted by atomic mass is 35.5. The van der Waals surface area contributed by atoms with Gasteiger partial charge in [-0.2, -0.15) is 11.8 Å². The maximum absolute atomic E-state index is 9.60. The van der Waals surface area contributed by atoms with Crippen LogP contribution in [-0.2, 0) is 6.42 Å². The van der Waals surface area contributed by atoms with Gasteiger partial charge in [-0.05, 0) is 17.9 Å². The van der Waals surface area contributed by atoms with Crippen LogP contribution in [0.25, 0.3) is 0 Å². The molecule has 0 saturated heterocycles. The van der Waals surface area contributed by atoms with E-state index < -0.39 is 0 Å². The molecular weight excluding hydrogens is 239 g/mol. The molecule has 0 heterocycles. The van der Waals surface area contributed by atoms with E-state index in [-0.39, 0.29) is 6.10 Å². The van der Waals surface area contributed by atoms with E-state index in [1.807, 2.05) is 18.4 Å². The molecule has 0 aliphatic rings. The van der Waals surface area contributed by atoms with Crippen LogP contribution in [0, 0.1) is 0 Å². The van der Waals surface area contributed by atoms with E-state index in [0.717, 1.165) is 5.56 Å². The van der Waals surface area contributed by atoms with Crippen LogP contribution in [-0.4, -0.2) is 23.2 Å². The van der Waals surface area contributed by atoms with E-state index in [9.17, 15) is 5.11 Å². The van der Waals surface area contributed by atoms with Gasteiger partial charge in [-0.1, -0.05) is 35.3 Å². The van der Waals surface area contributed by atoms with Crippen LogP contribution in [0.3, 0.4) is 0 Å². The molecule has 0 bridgehead atoms. The van der Waals surface area contributed by atoms with Gasteiger partial charge in [-0.3, -0.25) is 0 Å². The highest BCUT2D eigenvalue weighted by molar-refractivity contribution is 7.98. The summed E-state index contributed by atoms with van der Waals surface area (Å²) in [6, 6.07) is 5.47. The third-order valence-electron chi connectivity index (χ3n) is 1.85. The number of aliphatic hydroxyl groups is 1. The number of hydrogen-bond acceptors (Lipinski definition) is 2. The number of hydrogen-bond donors (Lipinski definition) is 1. The minimum atomic E-state index is -0.360. The summed E-state index contributed by atoms with van der Waals surface area (Å²) in [5.74, 6) is 0.711. The van der Waals surface area contributed by atoms with Gasteiger partial charge in [0.1, 0.15) is 0 Å². The highest BCUT2D eigenvalue weighted by Gasteiger charge is 2.09. The number of halogens is 2. The van der Waals surface area contributed by atoms with Gasteiger partial charge in [-0.25, -0.2) is 0 Å². The normalized spacial score (nSPS) is 12.9. The molecule has 0 aliphatic carbocycles. The van der Waals surface area contributed by atoms with Crippen molar-refractivity contribution in [3.63, 3.8) is 0 Å². The first kappa shape index (κ1) is 12.2. The molecule has 1 N–H and O–H groups in total. The topological polar surface area (TPSA) is 20.2 Å². The van der Waals surface area contributed by atoms with Crippen molar-refractivity contribution < 1.29 is 5.11 Å². The van der Waals surface area contributed by atoms with Crippen molar-refractivity contribution >= 4 is 35.0 Å². The summed E-state index contributed by atoms with van der Waals surface area (Å²) in [6.07, 6.45) is 2.16. The van der Waals surface area contributed by atoms with Gasteiger partial charge in [0.15, 0.2) is 0 Å². The van der Waals surface area contributed by atoms with Crippen LogP contribution >= 0.6 is 35.0 Å². The average molecular weight is 251 g/mol. The zero-order chi connectivity index (χ0) is 10.6. The van der Waals surface area contributed by atoms with Gasteiger partial charge >= 0.3 is 0 Å². The summed E-state index contributed by atoms with van der Waals surface area (Å²) in [4.78, 5) is 0. The Morgan fingerprint density at radius 3 is 2.79 bits per heavy atom. The SMILES string of the molecule is CSCC(O)Cc1cccc(Cl)c1Cl. The lowest BCUT2D eigenvalue weighted by molar-refractivity contribution is 0.200. The molecule has 0 spiro atoms. The molecule has 4 heteroatoms. The molecular formula is C10H12Cl2OS. The van der Waals surface area contributed by atoms with Gasteiger partial charge < -0.3 is 5.11 Å². The summed E-state index contributed by atoms with van der Waals surface area (Å²) >= 11 is 13.5. The second kappa shape index (κ2) is 5.86. The second-order valence-corrected chi connectivity index (χ2v) is 4.72. The zero-order valence-electron chi connectivity index (χ0n) is 7.84. The van der Waals surface area contributed by atoms with Crippen molar-refractivity contribution in [3.8, 4) is 0 Å². The maximum Gasteiger partial charge on any atom is 0.0671 e. The van der Waals surface area contributed by atoms with E-state index >= 15 is 0 Å². The van der Waals surface area contributed by atoms with Crippen molar-refractivity contribution in [2.45, 2.75) is 12.5 Å². The Hall–Kier alpha value is 0.110. The Kier molecular flexibility index (Phi) is 5.10. The lowest BCUT2D eigenvalue weighted by Gasteiger charge is -2.10. The lowest BCUT2D eigenvalue weighted by Crippen LogP contribution is -2.13. The minimum absolute atomic E-state index is 0.360. The number of thioether (sulfide) groups is 1. The smallest absolute Gasteiger partial charge is 0.0671 e. The molecule has 0 radical (unpaired) electrons. The first-order valence-corrected chi connectivity index (χ1v) is 6.40. The minimum Gasteiger partial charge on any atom is -0.392 e. The van der Waals surface area contributed by atoms with Crippen LogP contribution in [0.2, 0.25) is 10.0 Å². The predicted octanol–water partition coefficient (Wildman–Crippen LogP) is 3.26. The van der Waals surface area contributed by atoms with Gasteiger partial charge in [-0.15, -0.1) is 0 Å². The summed E-state index contributed by atoms with van der Waals surface area (Å²) < 4.78 is 0. The summed E-state index contributed by atoms with van der Waals surface area (Å²) in [7, 11) is 0. The van der Waals surface area contributed by atoms with E-state index in [4.69, 9.17) is 23.2 Å². The molecule has 0 aromatic heterocycles. The van der Waals surface area contributed by atoms with Gasteiger partial charge in [0, 0.05) is 12.2 Å². The Balaban J connectivity index is 2.71. The van der Waals surface area contributed by atoms with Crippen LogP contribution in [0.5, 0.6) is 0 Å². The van der Waals surface area contributed by atoms with Crippen LogP contribution in [0.1, 0.15) is 5.56 Å². The molecule has 1 rings (SSSR count). The Labute approximate surface area is 98.4 Å². The van der Waals surface area contributed by atoms with Crippen molar-refractivity contribution in [3.05, 3.63) is 33.8 Å². The summed E-state index contributed by atoms with van der Waals surface area (Å²) in [5, 5.41) is 10.7. The molecule has 1 nitrogen and oxygen atoms in total. The monoisotopic (exact) mass is 250 g/mol. The number of rotatable bonds is 4. The number of benzene rings is 1. The van der Waals surface area contributed by atoms with Gasteiger partial charge in [0.05, 0.1) is 16.1 Å². The van der Waals surface area contributed by atoms with Crippen molar-refractivity contribution in [1.82, 2.24) is 0 Å². The number of aliphatic hydroxyl groups excluding tert-OH is 1. The predicted molar refractivity (Wildman–Crippen MR) is 64.6 cm³/mol. The largest absolute Gasteiger partial charge is 0.392 e. The zero-order valence-corrected chi connectivity index (χ0v) is 10.2. The van der Waals surface area contributed by atoms with Crippen LogP contribution in [0.4, 0.5) is 0 Å². The third-order valence-corrected chi connectivity index (χ3v) is 3.42. The Bertz CT molecular complexity index is 304. The average Bonchev–Trinajstić information content (AvgIpc) is 2.13. The molecule has 78 valence electrons. The van der Waals surface area contributed by atoms with E-state index in [2.05, 4.69) is 0 Å². The maximum atomic E-state index is 9.60. The first-order chi connectivity index (χ1) is 6.65. The molecule has 0 fully saturated rings. The second-order valence-electron chi connectivity index (χ2n) is 3.03. The molecule has 0 aliphatic heterocycles. The lowest BCUT2D eigenvalue weighted by atomic mass is 10.1. The molecule has 1 aromatic rings. The van der Waals surface area contributed by atoms with E-state index in [1.165, 1.54) is 0 Å². The van der Waals surface area contributed by atoms with Crippen LogP contribution < -0.4 is 0 Å². The standard InChI is InChI=1S/C10H12Cl2OS/c1-14-6-8(13)5-7-3-2-4-9(11)10(7)12/h2-4,8,13H,5-6H2,1H3. The Morgan fingerprint density at radius 2 is 2.14 bits per heavy atom. The molecule has 1 aromatic carbocycles. The van der Waals surface area contributed by atoms with Crippen LogP contribution in [0.15, 0.2) is 18.2 Å². The van der Waals surface area contributed by atoms with E-state index in [1.54, 1.807) is 17.8 Å². The van der Waals surface area contributed by atoms with E-state index in [0.29, 0.717) is 22.2 Å². The fourth-order valence-corrected chi connectivity index (χ4v) is 2.11. The Morgan fingerprint density at radius 1 is 1.43 bits per heavy atom. The summed E-state index contributed by atoms with van der Waals surface area (Å²) in [5.41, 5.74) is 0.903. The first-order valence-electron chi connectivity index (χ1n) is 4.25.